The fourth-order valence-corrected chi connectivity index (χ4v) is 2.63. The van der Waals surface area contributed by atoms with Gasteiger partial charge in [0.2, 0.25) is 0 Å². The molecule has 1 N–H and O–H groups in total. The van der Waals surface area contributed by atoms with Crippen LogP contribution in [0.15, 0.2) is 23.6 Å². The van der Waals surface area contributed by atoms with E-state index in [2.05, 4.69) is 23.3 Å². The number of nitrogens with zero attached hydrogens (tertiary/aromatic N) is 2. The molecule has 0 amide bonds. The number of nitrogens with one attached hydrogen (secondary N) is 1. The van der Waals surface area contributed by atoms with Crippen molar-refractivity contribution < 1.29 is 0 Å². The van der Waals surface area contributed by atoms with Crippen LogP contribution in [0.2, 0.25) is 5.02 Å². The first kappa shape index (κ1) is 13.5. The van der Waals surface area contributed by atoms with Crippen molar-refractivity contribution in [3.8, 4) is 0 Å². The van der Waals surface area contributed by atoms with Gasteiger partial charge in [0.15, 0.2) is 0 Å². The van der Waals surface area contributed by atoms with Gasteiger partial charge >= 0.3 is 0 Å². The molecule has 0 atom stereocenters. The first-order valence-corrected chi connectivity index (χ1v) is 7.38. The smallest absolute Gasteiger partial charge is 0.287 e. The lowest BCUT2D eigenvalue weighted by atomic mass is 10.3. The lowest BCUT2D eigenvalue weighted by Gasteiger charge is -2.15. The molecule has 0 saturated heterocycles. The molecule has 18 heavy (non-hydrogen) atoms. The molecule has 1 saturated carbocycles. The third kappa shape index (κ3) is 2.72. The summed E-state index contributed by atoms with van der Waals surface area (Å²) < 4.78 is 1.61. The molecule has 98 valence electrons. The SMILES string of the molecule is C=CCn1ncc(NCC2(SC)CC2)c(Cl)c1=O. The summed E-state index contributed by atoms with van der Waals surface area (Å²) in [4.78, 5) is 11.9. The van der Waals surface area contributed by atoms with Crippen LogP contribution in [-0.4, -0.2) is 27.3 Å². The van der Waals surface area contributed by atoms with Crippen molar-refractivity contribution in [3.63, 3.8) is 0 Å². The number of thioether (sulfide) groups is 1. The van der Waals surface area contributed by atoms with E-state index >= 15 is 0 Å². The minimum Gasteiger partial charge on any atom is -0.381 e. The lowest BCUT2D eigenvalue weighted by Crippen LogP contribution is -2.25. The second-order valence-corrected chi connectivity index (χ2v) is 6.04. The highest BCUT2D eigenvalue weighted by Crippen LogP contribution is 2.47. The molecular formula is C12H16ClN3OS. The van der Waals surface area contributed by atoms with Gasteiger partial charge in [-0.3, -0.25) is 4.79 Å². The normalized spacial score (nSPS) is 16.3. The van der Waals surface area contributed by atoms with Gasteiger partial charge in [-0.2, -0.15) is 16.9 Å². The van der Waals surface area contributed by atoms with Gasteiger partial charge in [0.05, 0.1) is 18.4 Å². The van der Waals surface area contributed by atoms with E-state index in [4.69, 9.17) is 11.6 Å². The Bertz CT molecular complexity index is 511. The summed E-state index contributed by atoms with van der Waals surface area (Å²) in [5.74, 6) is 0. The van der Waals surface area contributed by atoms with E-state index in [1.165, 1.54) is 17.5 Å². The summed E-state index contributed by atoms with van der Waals surface area (Å²) in [5, 5.41) is 7.48. The molecule has 1 aliphatic carbocycles. The Balaban J connectivity index is 2.12. The molecule has 0 aromatic carbocycles. The van der Waals surface area contributed by atoms with Crippen LogP contribution in [0, 0.1) is 0 Å². The Hall–Kier alpha value is -0.940. The fraction of sp³-hybridized carbons (Fsp3) is 0.500. The van der Waals surface area contributed by atoms with Crippen LogP contribution in [0.3, 0.4) is 0 Å². The molecular weight excluding hydrogens is 270 g/mol. The lowest BCUT2D eigenvalue weighted by molar-refractivity contribution is 0.652. The highest BCUT2D eigenvalue weighted by atomic mass is 35.5. The molecule has 2 rings (SSSR count). The number of hydrogen-bond donors (Lipinski definition) is 1. The van der Waals surface area contributed by atoms with Crippen LogP contribution >= 0.6 is 23.4 Å². The number of halogens is 1. The van der Waals surface area contributed by atoms with Crippen molar-refractivity contribution in [1.29, 1.82) is 0 Å². The van der Waals surface area contributed by atoms with Crippen molar-refractivity contribution >= 4 is 29.1 Å². The fourth-order valence-electron chi connectivity index (χ4n) is 1.69. The second-order valence-electron chi connectivity index (χ2n) is 4.39. The number of aromatic nitrogens is 2. The first-order chi connectivity index (χ1) is 8.62. The Morgan fingerprint density at radius 1 is 1.72 bits per heavy atom. The maximum Gasteiger partial charge on any atom is 0.287 e. The summed E-state index contributed by atoms with van der Waals surface area (Å²) >= 11 is 7.91. The van der Waals surface area contributed by atoms with E-state index in [9.17, 15) is 4.79 Å². The maximum absolute atomic E-state index is 11.9. The highest BCUT2D eigenvalue weighted by molar-refractivity contribution is 8.00. The molecule has 0 aliphatic heterocycles. The standard InChI is InChI=1S/C12H16ClN3OS/c1-3-6-16-11(17)10(13)9(7-15-16)14-8-12(18-2)4-5-12/h3,7,14H,1,4-6,8H2,2H3. The minimum absolute atomic E-state index is 0.198. The average molecular weight is 286 g/mol. The summed E-state index contributed by atoms with van der Waals surface area (Å²) in [6.07, 6.45) is 7.74. The van der Waals surface area contributed by atoms with Gasteiger partial charge in [-0.1, -0.05) is 17.7 Å². The molecule has 1 fully saturated rings. The van der Waals surface area contributed by atoms with Crippen molar-refractivity contribution in [2.45, 2.75) is 24.1 Å². The van der Waals surface area contributed by atoms with Crippen LogP contribution < -0.4 is 10.9 Å². The first-order valence-electron chi connectivity index (χ1n) is 5.77. The average Bonchev–Trinajstić information content (AvgIpc) is 3.15. The van der Waals surface area contributed by atoms with E-state index in [0.29, 0.717) is 17.0 Å². The molecule has 0 spiro atoms. The number of anilines is 1. The van der Waals surface area contributed by atoms with Gasteiger partial charge in [0, 0.05) is 11.3 Å². The van der Waals surface area contributed by atoms with Crippen molar-refractivity contribution in [2.24, 2.45) is 0 Å². The molecule has 1 heterocycles. The quantitative estimate of drug-likeness (QED) is 0.815. The topological polar surface area (TPSA) is 46.9 Å². The zero-order valence-electron chi connectivity index (χ0n) is 10.3. The van der Waals surface area contributed by atoms with Gasteiger partial charge in [-0.05, 0) is 19.1 Å². The number of hydrogen-bond acceptors (Lipinski definition) is 4. The molecule has 4 nitrogen and oxygen atoms in total. The Morgan fingerprint density at radius 2 is 2.44 bits per heavy atom. The van der Waals surface area contributed by atoms with E-state index in [-0.39, 0.29) is 10.6 Å². The van der Waals surface area contributed by atoms with Gasteiger partial charge in [0.1, 0.15) is 5.02 Å². The highest BCUT2D eigenvalue weighted by Gasteiger charge is 2.41. The third-order valence-electron chi connectivity index (χ3n) is 3.13. The van der Waals surface area contributed by atoms with Crippen LogP contribution in [0.5, 0.6) is 0 Å². The zero-order valence-corrected chi connectivity index (χ0v) is 11.9. The predicted molar refractivity (Wildman–Crippen MR) is 77.7 cm³/mol. The Kier molecular flexibility index (Phi) is 4.02. The van der Waals surface area contributed by atoms with Gasteiger partial charge in [0.25, 0.3) is 5.56 Å². The van der Waals surface area contributed by atoms with Crippen molar-refractivity contribution in [2.75, 3.05) is 18.1 Å². The molecule has 0 unspecified atom stereocenters. The van der Waals surface area contributed by atoms with Gasteiger partial charge < -0.3 is 5.32 Å². The molecule has 1 aromatic rings. The van der Waals surface area contributed by atoms with Crippen LogP contribution in [0.25, 0.3) is 0 Å². The minimum atomic E-state index is -0.282. The zero-order chi connectivity index (χ0) is 13.2. The summed E-state index contributed by atoms with van der Waals surface area (Å²) in [7, 11) is 0. The third-order valence-corrected chi connectivity index (χ3v) is 4.91. The maximum atomic E-state index is 11.9. The summed E-state index contributed by atoms with van der Waals surface area (Å²) in [6, 6.07) is 0. The van der Waals surface area contributed by atoms with Gasteiger partial charge in [-0.15, -0.1) is 6.58 Å². The van der Waals surface area contributed by atoms with E-state index in [1.54, 1.807) is 12.3 Å². The van der Waals surface area contributed by atoms with E-state index < -0.39 is 0 Å². The van der Waals surface area contributed by atoms with E-state index in [1.807, 2.05) is 11.8 Å². The largest absolute Gasteiger partial charge is 0.381 e. The van der Waals surface area contributed by atoms with Crippen molar-refractivity contribution in [1.82, 2.24) is 9.78 Å². The second kappa shape index (κ2) is 5.36. The van der Waals surface area contributed by atoms with Crippen LogP contribution in [0.1, 0.15) is 12.8 Å². The number of allylic oxidation sites excluding steroid dienone is 1. The molecule has 6 heteroatoms. The monoisotopic (exact) mass is 285 g/mol. The molecule has 1 aliphatic rings. The van der Waals surface area contributed by atoms with Crippen molar-refractivity contribution in [3.05, 3.63) is 34.2 Å². The van der Waals surface area contributed by atoms with Crippen LogP contribution in [0.4, 0.5) is 5.69 Å². The number of rotatable bonds is 6. The summed E-state index contributed by atoms with van der Waals surface area (Å²) in [5.41, 5.74) is 0.331. The molecule has 1 aromatic heterocycles. The van der Waals surface area contributed by atoms with Crippen LogP contribution in [-0.2, 0) is 6.54 Å². The molecule has 0 bridgehead atoms. The molecule has 0 radical (unpaired) electrons. The van der Waals surface area contributed by atoms with Gasteiger partial charge in [-0.25, -0.2) is 4.68 Å². The predicted octanol–water partition coefficient (Wildman–Crippen LogP) is 2.39. The summed E-state index contributed by atoms with van der Waals surface area (Å²) in [6.45, 7) is 4.76. The van der Waals surface area contributed by atoms with E-state index in [0.717, 1.165) is 6.54 Å². The Labute approximate surface area is 115 Å². The Morgan fingerprint density at radius 3 is 3.00 bits per heavy atom.